The molecule has 0 spiro atoms. The number of fused-ring (bicyclic) bond motifs is 1. The van der Waals surface area contributed by atoms with Crippen molar-refractivity contribution in [2.75, 3.05) is 4.31 Å². The van der Waals surface area contributed by atoms with Crippen molar-refractivity contribution in [2.24, 2.45) is 0 Å². The first-order chi connectivity index (χ1) is 19.4. The number of pyridine rings is 1. The maximum Gasteiger partial charge on any atom is 0.296 e. The predicted octanol–water partition coefficient (Wildman–Crippen LogP) is 8.41. The standard InChI is InChI=1S/C27H16Cl4N2O6S2/c28-17-9-10-25(20(29)12-17)40(34,35)33(24-7-3-4-8-26(24)41(36,37)38)18-13-21(30)27(22(31)14-18)39-19-11-16-5-1-2-6-23(16)32-15-19/h1-15H,(H,36,37,38). The van der Waals surface area contributed by atoms with Gasteiger partial charge in [-0.15, -0.1) is 0 Å². The van der Waals surface area contributed by atoms with E-state index >= 15 is 0 Å². The molecule has 1 N–H and O–H groups in total. The highest BCUT2D eigenvalue weighted by Crippen LogP contribution is 2.45. The molecule has 0 amide bonds. The van der Waals surface area contributed by atoms with E-state index in [9.17, 15) is 21.4 Å². The zero-order valence-corrected chi connectivity index (χ0v) is 25.0. The SMILES string of the molecule is O=S(=O)(O)c1ccccc1N(c1cc(Cl)c(Oc2cnc3ccccc3c2)c(Cl)c1)S(=O)(=O)c1ccc(Cl)cc1Cl. The number of benzene rings is 4. The van der Waals surface area contributed by atoms with Gasteiger partial charge in [-0.2, -0.15) is 8.42 Å². The van der Waals surface area contributed by atoms with E-state index < -0.39 is 35.6 Å². The number of nitrogens with zero attached hydrogens (tertiary/aromatic N) is 2. The summed E-state index contributed by atoms with van der Waals surface area (Å²) in [4.78, 5) is 3.24. The zero-order valence-electron chi connectivity index (χ0n) is 20.4. The van der Waals surface area contributed by atoms with Crippen molar-refractivity contribution in [1.82, 2.24) is 4.98 Å². The van der Waals surface area contributed by atoms with Crippen LogP contribution in [-0.2, 0) is 20.1 Å². The average Bonchev–Trinajstić information content (AvgIpc) is 2.90. The Kier molecular flexibility index (Phi) is 8.10. The lowest BCUT2D eigenvalue weighted by Crippen LogP contribution is -2.28. The van der Waals surface area contributed by atoms with Crippen LogP contribution < -0.4 is 9.04 Å². The fourth-order valence-electron chi connectivity index (χ4n) is 4.02. The summed E-state index contributed by atoms with van der Waals surface area (Å²) in [7, 11) is -9.56. The Morgan fingerprint density at radius 2 is 1.39 bits per heavy atom. The summed E-state index contributed by atoms with van der Waals surface area (Å²) in [6, 6.07) is 20.2. The van der Waals surface area contributed by atoms with Crippen molar-refractivity contribution in [3.8, 4) is 11.5 Å². The third-order valence-electron chi connectivity index (χ3n) is 5.78. The summed E-state index contributed by atoms with van der Waals surface area (Å²) >= 11 is 25.3. The van der Waals surface area contributed by atoms with Crippen LogP contribution >= 0.6 is 46.4 Å². The van der Waals surface area contributed by atoms with Gasteiger partial charge >= 0.3 is 0 Å². The molecule has 0 saturated carbocycles. The van der Waals surface area contributed by atoms with E-state index in [0.29, 0.717) is 10.1 Å². The number of halogens is 4. The molecule has 14 heteroatoms. The van der Waals surface area contributed by atoms with Crippen molar-refractivity contribution in [3.63, 3.8) is 0 Å². The lowest BCUT2D eigenvalue weighted by molar-refractivity contribution is 0.481. The molecule has 0 fully saturated rings. The molecule has 0 unspecified atom stereocenters. The number of rotatable bonds is 7. The maximum atomic E-state index is 14.1. The molecule has 1 heterocycles. The van der Waals surface area contributed by atoms with Crippen molar-refractivity contribution in [2.45, 2.75) is 9.79 Å². The number of aromatic nitrogens is 1. The minimum Gasteiger partial charge on any atom is -0.453 e. The molecule has 0 bridgehead atoms. The average molecular weight is 670 g/mol. The molecular weight excluding hydrogens is 654 g/mol. The van der Waals surface area contributed by atoms with Crippen LogP contribution in [0, 0.1) is 0 Å². The first-order valence-corrected chi connectivity index (χ1v) is 15.8. The van der Waals surface area contributed by atoms with E-state index in [4.69, 9.17) is 51.1 Å². The number of sulfonamides is 1. The largest absolute Gasteiger partial charge is 0.453 e. The molecule has 0 aliphatic heterocycles. The highest BCUT2D eigenvalue weighted by Gasteiger charge is 2.33. The molecule has 0 aliphatic rings. The van der Waals surface area contributed by atoms with Crippen LogP contribution in [0.5, 0.6) is 11.5 Å². The van der Waals surface area contributed by atoms with Gasteiger partial charge in [0.1, 0.15) is 15.5 Å². The topological polar surface area (TPSA) is 114 Å². The Morgan fingerprint density at radius 1 is 0.732 bits per heavy atom. The lowest BCUT2D eigenvalue weighted by Gasteiger charge is -2.27. The Hall–Kier alpha value is -3.09. The molecule has 0 saturated heterocycles. The number of anilines is 2. The van der Waals surface area contributed by atoms with Gasteiger partial charge in [0.25, 0.3) is 20.1 Å². The van der Waals surface area contributed by atoms with Gasteiger partial charge in [0.2, 0.25) is 0 Å². The molecule has 0 radical (unpaired) electrons. The van der Waals surface area contributed by atoms with E-state index in [-0.39, 0.29) is 31.5 Å². The van der Waals surface area contributed by atoms with Gasteiger partial charge < -0.3 is 4.74 Å². The number of ether oxygens (including phenoxy) is 1. The van der Waals surface area contributed by atoms with Gasteiger partial charge in [-0.3, -0.25) is 9.54 Å². The Labute approximate surface area is 255 Å². The van der Waals surface area contributed by atoms with Gasteiger partial charge in [-0.05, 0) is 54.6 Å². The van der Waals surface area contributed by atoms with Crippen LogP contribution in [0.2, 0.25) is 20.1 Å². The monoisotopic (exact) mass is 668 g/mol. The fourth-order valence-corrected chi connectivity index (χ4v) is 7.55. The van der Waals surface area contributed by atoms with Gasteiger partial charge in [-0.25, -0.2) is 12.7 Å². The lowest BCUT2D eigenvalue weighted by atomic mass is 10.2. The molecule has 1 aromatic heterocycles. The zero-order chi connectivity index (χ0) is 29.5. The van der Waals surface area contributed by atoms with E-state index in [2.05, 4.69) is 4.98 Å². The number of hydrogen-bond acceptors (Lipinski definition) is 6. The Bertz CT molecular complexity index is 2020. The van der Waals surface area contributed by atoms with E-state index in [0.717, 1.165) is 23.0 Å². The Morgan fingerprint density at radius 3 is 2.07 bits per heavy atom. The molecule has 4 aromatic carbocycles. The van der Waals surface area contributed by atoms with E-state index in [1.807, 2.05) is 24.3 Å². The summed E-state index contributed by atoms with van der Waals surface area (Å²) in [5.41, 5.74) is 0.151. The minimum atomic E-state index is -4.89. The summed E-state index contributed by atoms with van der Waals surface area (Å²) in [5.74, 6) is 0.313. The summed E-state index contributed by atoms with van der Waals surface area (Å²) < 4.78 is 69.1. The fraction of sp³-hybridized carbons (Fsp3) is 0. The van der Waals surface area contributed by atoms with Gasteiger partial charge in [0.05, 0.1) is 38.2 Å². The van der Waals surface area contributed by atoms with Crippen LogP contribution in [-0.4, -0.2) is 26.4 Å². The first kappa shape index (κ1) is 29.4. The molecule has 0 aliphatic carbocycles. The van der Waals surface area contributed by atoms with E-state index in [1.165, 1.54) is 48.7 Å². The molecule has 5 aromatic rings. The quantitative estimate of drug-likeness (QED) is 0.173. The minimum absolute atomic E-state index is 0.000831. The van der Waals surface area contributed by atoms with Gasteiger partial charge in [0.15, 0.2) is 5.75 Å². The second kappa shape index (κ2) is 11.3. The van der Waals surface area contributed by atoms with Crippen molar-refractivity contribution in [1.29, 1.82) is 0 Å². The van der Waals surface area contributed by atoms with Crippen LogP contribution in [0.1, 0.15) is 0 Å². The van der Waals surface area contributed by atoms with Crippen molar-refractivity contribution < 1.29 is 26.1 Å². The predicted molar refractivity (Wildman–Crippen MR) is 160 cm³/mol. The summed E-state index contributed by atoms with van der Waals surface area (Å²) in [6.07, 6.45) is 1.48. The summed E-state index contributed by atoms with van der Waals surface area (Å²) in [5, 5.41) is 0.537. The Balaban J connectivity index is 1.68. The second-order valence-corrected chi connectivity index (χ2v) is 13.3. The molecule has 5 rings (SSSR count). The number of para-hydroxylation sites is 2. The first-order valence-electron chi connectivity index (χ1n) is 11.4. The van der Waals surface area contributed by atoms with Crippen molar-refractivity contribution >= 4 is 88.8 Å². The van der Waals surface area contributed by atoms with Crippen LogP contribution in [0.15, 0.2) is 101 Å². The molecular formula is C27H16Cl4N2O6S2. The maximum absolute atomic E-state index is 14.1. The summed E-state index contributed by atoms with van der Waals surface area (Å²) in [6.45, 7) is 0. The van der Waals surface area contributed by atoms with Crippen molar-refractivity contribution in [3.05, 3.63) is 111 Å². The molecule has 41 heavy (non-hydrogen) atoms. The number of hydrogen-bond donors (Lipinski definition) is 1. The third kappa shape index (κ3) is 5.96. The van der Waals surface area contributed by atoms with Gasteiger partial charge in [0, 0.05) is 10.4 Å². The van der Waals surface area contributed by atoms with Crippen LogP contribution in [0.4, 0.5) is 11.4 Å². The van der Waals surface area contributed by atoms with E-state index in [1.54, 1.807) is 6.07 Å². The highest BCUT2D eigenvalue weighted by atomic mass is 35.5. The van der Waals surface area contributed by atoms with Crippen LogP contribution in [0.3, 0.4) is 0 Å². The normalized spacial score (nSPS) is 11.9. The second-order valence-electron chi connectivity index (χ2n) is 8.49. The van der Waals surface area contributed by atoms with Gasteiger partial charge in [-0.1, -0.05) is 76.7 Å². The third-order valence-corrected chi connectivity index (χ3v) is 9.70. The van der Waals surface area contributed by atoms with Crippen LogP contribution in [0.25, 0.3) is 10.9 Å². The highest BCUT2D eigenvalue weighted by molar-refractivity contribution is 7.93. The molecule has 8 nitrogen and oxygen atoms in total. The smallest absolute Gasteiger partial charge is 0.296 e. The molecule has 210 valence electrons. The molecule has 0 atom stereocenters.